The summed E-state index contributed by atoms with van der Waals surface area (Å²) in [5.74, 6) is 0.989. The molecule has 0 radical (unpaired) electrons. The number of nitrogens with zero attached hydrogens (tertiary/aromatic N) is 4. The first-order valence-electron chi connectivity index (χ1n) is 7.52. The van der Waals surface area contributed by atoms with Gasteiger partial charge >= 0.3 is 0 Å². The Hall–Kier alpha value is -0.920. The van der Waals surface area contributed by atoms with Gasteiger partial charge in [-0.3, -0.25) is 0 Å². The molecule has 1 fully saturated rings. The van der Waals surface area contributed by atoms with Gasteiger partial charge in [0.25, 0.3) is 0 Å². The second-order valence-electron chi connectivity index (χ2n) is 5.38. The van der Waals surface area contributed by atoms with Gasteiger partial charge in [0.2, 0.25) is 5.16 Å². The smallest absolute Gasteiger partial charge is 0.209 e. The molecule has 0 bridgehead atoms. The van der Waals surface area contributed by atoms with E-state index in [4.69, 9.17) is 0 Å². The van der Waals surface area contributed by atoms with Gasteiger partial charge in [0.15, 0.2) is 0 Å². The van der Waals surface area contributed by atoms with Gasteiger partial charge in [-0.25, -0.2) is 4.68 Å². The number of aromatic nitrogens is 4. The van der Waals surface area contributed by atoms with Crippen LogP contribution in [0.5, 0.6) is 0 Å². The van der Waals surface area contributed by atoms with E-state index in [1.807, 2.05) is 4.68 Å². The van der Waals surface area contributed by atoms with Crippen molar-refractivity contribution in [3.05, 3.63) is 22.4 Å². The van der Waals surface area contributed by atoms with Crippen LogP contribution in [0, 0.1) is 0 Å². The summed E-state index contributed by atoms with van der Waals surface area (Å²) in [6, 6.07) is 5.20. The molecule has 1 aliphatic rings. The third-order valence-corrected chi connectivity index (χ3v) is 5.88. The quantitative estimate of drug-likeness (QED) is 0.626. The molecule has 0 saturated heterocycles. The fourth-order valence-corrected chi connectivity index (χ4v) is 4.29. The van der Waals surface area contributed by atoms with Crippen molar-refractivity contribution >= 4 is 23.1 Å². The molecule has 2 heterocycles. The number of nitrogens with one attached hydrogen (secondary N) is 1. The Labute approximate surface area is 133 Å². The van der Waals surface area contributed by atoms with Gasteiger partial charge in [-0.05, 0) is 41.6 Å². The van der Waals surface area contributed by atoms with Crippen molar-refractivity contribution in [2.24, 2.45) is 0 Å². The Balaban J connectivity index is 1.44. The van der Waals surface area contributed by atoms with Gasteiger partial charge in [-0.2, -0.15) is 0 Å². The first kappa shape index (κ1) is 15.0. The standard InChI is InChI=1S/C14H21N5S2/c1-11(13-7-4-9-20-13)15-8-10-21-14-16-17-18-19(14)12-5-2-3-6-12/h4,7,9,11-12,15H,2-3,5-6,8,10H2,1H3. The van der Waals surface area contributed by atoms with Crippen LogP contribution in [0.4, 0.5) is 0 Å². The highest BCUT2D eigenvalue weighted by atomic mass is 32.2. The molecular weight excluding hydrogens is 302 g/mol. The monoisotopic (exact) mass is 323 g/mol. The lowest BCUT2D eigenvalue weighted by Crippen LogP contribution is -2.20. The van der Waals surface area contributed by atoms with Crippen molar-refractivity contribution < 1.29 is 0 Å². The predicted octanol–water partition coefficient (Wildman–Crippen LogP) is 3.29. The van der Waals surface area contributed by atoms with E-state index in [-0.39, 0.29) is 0 Å². The lowest BCUT2D eigenvalue weighted by molar-refractivity contribution is 0.423. The summed E-state index contributed by atoms with van der Waals surface area (Å²) in [6.07, 6.45) is 5.03. The summed E-state index contributed by atoms with van der Waals surface area (Å²) in [5, 5.41) is 18.8. The van der Waals surface area contributed by atoms with Crippen molar-refractivity contribution in [2.75, 3.05) is 12.3 Å². The molecule has 21 heavy (non-hydrogen) atoms. The van der Waals surface area contributed by atoms with E-state index < -0.39 is 0 Å². The van der Waals surface area contributed by atoms with E-state index >= 15 is 0 Å². The maximum absolute atomic E-state index is 4.17. The van der Waals surface area contributed by atoms with E-state index in [0.29, 0.717) is 12.1 Å². The van der Waals surface area contributed by atoms with Crippen LogP contribution in [-0.4, -0.2) is 32.5 Å². The Morgan fingerprint density at radius 2 is 2.33 bits per heavy atom. The molecule has 0 spiro atoms. The van der Waals surface area contributed by atoms with Crippen LogP contribution < -0.4 is 5.32 Å². The zero-order valence-corrected chi connectivity index (χ0v) is 13.9. The van der Waals surface area contributed by atoms with Crippen molar-refractivity contribution in [1.29, 1.82) is 0 Å². The van der Waals surface area contributed by atoms with E-state index in [1.165, 1.54) is 30.6 Å². The third-order valence-electron chi connectivity index (χ3n) is 3.89. The molecule has 1 saturated carbocycles. The topological polar surface area (TPSA) is 55.6 Å². The van der Waals surface area contributed by atoms with E-state index in [1.54, 1.807) is 23.1 Å². The molecule has 1 aliphatic carbocycles. The van der Waals surface area contributed by atoms with Crippen LogP contribution in [0.3, 0.4) is 0 Å². The minimum atomic E-state index is 0.413. The molecular formula is C14H21N5S2. The molecule has 0 aliphatic heterocycles. The van der Waals surface area contributed by atoms with Gasteiger partial charge < -0.3 is 5.32 Å². The lowest BCUT2D eigenvalue weighted by Gasteiger charge is -2.13. The summed E-state index contributed by atoms with van der Waals surface area (Å²) in [5.41, 5.74) is 0. The fourth-order valence-electron chi connectivity index (χ4n) is 2.71. The van der Waals surface area contributed by atoms with Gasteiger partial charge in [0.05, 0.1) is 6.04 Å². The van der Waals surface area contributed by atoms with Crippen molar-refractivity contribution in [2.45, 2.75) is 49.8 Å². The summed E-state index contributed by atoms with van der Waals surface area (Å²) in [6.45, 7) is 3.17. The van der Waals surface area contributed by atoms with Crippen LogP contribution in [-0.2, 0) is 0 Å². The normalized spacial score (nSPS) is 17.4. The summed E-state index contributed by atoms with van der Waals surface area (Å²) in [7, 11) is 0. The molecule has 5 nitrogen and oxygen atoms in total. The number of thiophene rings is 1. The van der Waals surface area contributed by atoms with Gasteiger partial charge in [0, 0.05) is 23.2 Å². The van der Waals surface area contributed by atoms with E-state index in [2.05, 4.69) is 45.3 Å². The molecule has 2 aromatic heterocycles. The number of rotatable bonds is 7. The van der Waals surface area contributed by atoms with Gasteiger partial charge in [-0.1, -0.05) is 30.7 Å². The third kappa shape index (κ3) is 3.84. The average molecular weight is 323 g/mol. The highest BCUT2D eigenvalue weighted by molar-refractivity contribution is 7.99. The van der Waals surface area contributed by atoms with Crippen LogP contribution >= 0.6 is 23.1 Å². The first-order chi connectivity index (χ1) is 10.3. The number of hydrogen-bond donors (Lipinski definition) is 1. The molecule has 1 atom stereocenters. The van der Waals surface area contributed by atoms with Crippen LogP contribution in [0.2, 0.25) is 0 Å². The molecule has 0 aromatic carbocycles. The Kier molecular flexibility index (Phi) is 5.27. The molecule has 1 unspecified atom stereocenters. The highest BCUT2D eigenvalue weighted by Crippen LogP contribution is 2.31. The maximum Gasteiger partial charge on any atom is 0.209 e. The molecule has 3 rings (SSSR count). The molecule has 1 N–H and O–H groups in total. The minimum absolute atomic E-state index is 0.413. The second kappa shape index (κ2) is 7.38. The van der Waals surface area contributed by atoms with E-state index in [9.17, 15) is 0 Å². The van der Waals surface area contributed by atoms with Gasteiger partial charge in [-0.15, -0.1) is 16.4 Å². The SMILES string of the molecule is CC(NCCSc1nnnn1C1CCCC1)c1cccs1. The average Bonchev–Trinajstić information content (AvgIpc) is 3.25. The van der Waals surface area contributed by atoms with Crippen molar-refractivity contribution in [3.63, 3.8) is 0 Å². The summed E-state index contributed by atoms with van der Waals surface area (Å²) < 4.78 is 2.03. The van der Waals surface area contributed by atoms with Gasteiger partial charge in [0.1, 0.15) is 0 Å². The molecule has 2 aromatic rings. The van der Waals surface area contributed by atoms with Crippen LogP contribution in [0.1, 0.15) is 49.6 Å². The van der Waals surface area contributed by atoms with E-state index in [0.717, 1.165) is 17.5 Å². The molecule has 0 amide bonds. The predicted molar refractivity (Wildman–Crippen MR) is 86.8 cm³/mol. The van der Waals surface area contributed by atoms with Crippen molar-refractivity contribution in [3.8, 4) is 0 Å². The number of thioether (sulfide) groups is 1. The Bertz CT molecular complexity index is 533. The minimum Gasteiger partial charge on any atom is -0.309 e. The molecule has 7 heteroatoms. The zero-order valence-electron chi connectivity index (χ0n) is 12.2. The largest absolute Gasteiger partial charge is 0.309 e. The van der Waals surface area contributed by atoms with Crippen molar-refractivity contribution in [1.82, 2.24) is 25.5 Å². The Morgan fingerprint density at radius 1 is 1.48 bits per heavy atom. The highest BCUT2D eigenvalue weighted by Gasteiger charge is 2.21. The number of hydrogen-bond acceptors (Lipinski definition) is 6. The molecule has 114 valence electrons. The summed E-state index contributed by atoms with van der Waals surface area (Å²) in [4.78, 5) is 1.38. The second-order valence-corrected chi connectivity index (χ2v) is 7.43. The first-order valence-corrected chi connectivity index (χ1v) is 9.38. The van der Waals surface area contributed by atoms with Crippen LogP contribution in [0.15, 0.2) is 22.7 Å². The fraction of sp³-hybridized carbons (Fsp3) is 0.643. The Morgan fingerprint density at radius 3 is 3.10 bits per heavy atom. The zero-order chi connectivity index (χ0) is 14.5. The number of tetrazole rings is 1. The summed E-state index contributed by atoms with van der Waals surface area (Å²) >= 11 is 3.55. The lowest BCUT2D eigenvalue weighted by atomic mass is 10.3. The van der Waals surface area contributed by atoms with Crippen LogP contribution in [0.25, 0.3) is 0 Å². The maximum atomic E-state index is 4.17.